The van der Waals surface area contributed by atoms with Crippen molar-refractivity contribution in [1.29, 1.82) is 0 Å². The Hall–Kier alpha value is -0.340. The molecule has 2 fully saturated rings. The lowest BCUT2D eigenvalue weighted by Gasteiger charge is -2.42. The number of ether oxygens (including phenoxy) is 1. The summed E-state index contributed by atoms with van der Waals surface area (Å²) in [6.07, 6.45) is 9.29. The number of rotatable bonds is 11. The molecule has 1 unspecified atom stereocenters. The van der Waals surface area contributed by atoms with Crippen molar-refractivity contribution in [1.82, 2.24) is 15.4 Å². The number of piperidine rings is 1. The van der Waals surface area contributed by atoms with Gasteiger partial charge in [0.2, 0.25) is 0 Å². The van der Waals surface area contributed by atoms with Gasteiger partial charge in [-0.3, -0.25) is 10.1 Å². The van der Waals surface area contributed by atoms with Crippen LogP contribution in [-0.4, -0.2) is 47.2 Å². The zero-order valence-corrected chi connectivity index (χ0v) is 20.7. The smallest absolute Gasteiger partial charge is 0.310 e. The van der Waals surface area contributed by atoms with Crippen molar-refractivity contribution >= 4 is 17.3 Å². The molecule has 2 aliphatic rings. The molecule has 0 saturated carbocycles. The van der Waals surface area contributed by atoms with E-state index in [1.54, 1.807) is 0 Å². The highest BCUT2D eigenvalue weighted by molar-refractivity contribution is 7.90. The topological polar surface area (TPSA) is 85.5 Å². The SMILES string of the molecule is CCCCCCC[C@@H](CC)C(=O)O[C@H]1NC[C@@H](N[S+]([O-])C(C)(C)C)C12CCNCC2. The number of unbranched alkanes of at least 4 members (excludes halogenated alkanes) is 4. The summed E-state index contributed by atoms with van der Waals surface area (Å²) >= 11 is -1.15. The molecule has 2 saturated heterocycles. The second kappa shape index (κ2) is 12.0. The van der Waals surface area contributed by atoms with Crippen molar-refractivity contribution in [3.05, 3.63) is 0 Å². The fourth-order valence-electron chi connectivity index (χ4n) is 4.64. The Bertz CT molecular complexity index is 520. The molecule has 0 amide bonds. The summed E-state index contributed by atoms with van der Waals surface area (Å²) in [6.45, 7) is 12.7. The molecule has 0 aliphatic carbocycles. The zero-order chi connectivity index (χ0) is 22.2. The predicted octanol–water partition coefficient (Wildman–Crippen LogP) is 3.64. The van der Waals surface area contributed by atoms with Gasteiger partial charge in [0.05, 0.1) is 12.0 Å². The summed E-state index contributed by atoms with van der Waals surface area (Å²) in [4.78, 5) is 13.0. The average molecular weight is 444 g/mol. The third-order valence-electron chi connectivity index (χ3n) is 6.78. The summed E-state index contributed by atoms with van der Waals surface area (Å²) < 4.78 is 21.9. The van der Waals surface area contributed by atoms with E-state index in [2.05, 4.69) is 29.2 Å². The molecule has 2 rings (SSSR count). The van der Waals surface area contributed by atoms with Crippen LogP contribution in [0.15, 0.2) is 0 Å². The van der Waals surface area contributed by atoms with Crippen LogP contribution >= 0.6 is 0 Å². The van der Waals surface area contributed by atoms with E-state index >= 15 is 0 Å². The summed E-state index contributed by atoms with van der Waals surface area (Å²) in [7, 11) is 0. The Balaban J connectivity index is 1.99. The molecular formula is C23H45N3O3S. The van der Waals surface area contributed by atoms with Crippen molar-refractivity contribution in [2.24, 2.45) is 11.3 Å². The maximum Gasteiger partial charge on any atom is 0.310 e. The minimum absolute atomic E-state index is 0.0251. The number of hydrogen-bond donors (Lipinski definition) is 3. The van der Waals surface area contributed by atoms with E-state index in [-0.39, 0.29) is 34.3 Å². The largest absolute Gasteiger partial charge is 0.598 e. The quantitative estimate of drug-likeness (QED) is 0.257. The highest BCUT2D eigenvalue weighted by Gasteiger charge is 2.55. The van der Waals surface area contributed by atoms with E-state index in [1.807, 2.05) is 20.8 Å². The van der Waals surface area contributed by atoms with E-state index in [0.29, 0.717) is 6.54 Å². The van der Waals surface area contributed by atoms with Crippen molar-refractivity contribution in [3.8, 4) is 0 Å². The van der Waals surface area contributed by atoms with Crippen LogP contribution in [0.5, 0.6) is 0 Å². The van der Waals surface area contributed by atoms with E-state index in [0.717, 1.165) is 45.2 Å². The third kappa shape index (κ3) is 6.83. The molecule has 30 heavy (non-hydrogen) atoms. The van der Waals surface area contributed by atoms with Crippen LogP contribution < -0.4 is 15.4 Å². The maximum absolute atomic E-state index is 13.0. The first-order valence-corrected chi connectivity index (χ1v) is 13.2. The first kappa shape index (κ1) is 25.9. The number of esters is 1. The van der Waals surface area contributed by atoms with Crippen LogP contribution in [-0.2, 0) is 20.9 Å². The Kier molecular flexibility index (Phi) is 10.4. The van der Waals surface area contributed by atoms with E-state index in [1.165, 1.54) is 25.7 Å². The predicted molar refractivity (Wildman–Crippen MR) is 124 cm³/mol. The van der Waals surface area contributed by atoms with Gasteiger partial charge < -0.3 is 14.6 Å². The summed E-state index contributed by atoms with van der Waals surface area (Å²) in [6, 6.07) is 0.0339. The van der Waals surface area contributed by atoms with Gasteiger partial charge >= 0.3 is 5.97 Å². The van der Waals surface area contributed by atoms with Crippen LogP contribution in [0.3, 0.4) is 0 Å². The van der Waals surface area contributed by atoms with Gasteiger partial charge in [-0.2, -0.15) is 0 Å². The van der Waals surface area contributed by atoms with Crippen LogP contribution in [0.1, 0.15) is 92.4 Å². The Labute approximate surface area is 187 Å². The molecule has 176 valence electrons. The Morgan fingerprint density at radius 1 is 1.20 bits per heavy atom. The van der Waals surface area contributed by atoms with Crippen molar-refractivity contribution < 1.29 is 14.1 Å². The van der Waals surface area contributed by atoms with Crippen LogP contribution in [0.4, 0.5) is 0 Å². The molecule has 1 spiro atoms. The summed E-state index contributed by atoms with van der Waals surface area (Å²) in [5.41, 5.74) is -0.207. The van der Waals surface area contributed by atoms with E-state index in [4.69, 9.17) is 4.74 Å². The molecule has 2 aliphatic heterocycles. The summed E-state index contributed by atoms with van der Waals surface area (Å²) in [5, 5.41) is 6.87. The van der Waals surface area contributed by atoms with Crippen LogP contribution in [0.2, 0.25) is 0 Å². The minimum atomic E-state index is -1.15. The fraction of sp³-hybridized carbons (Fsp3) is 0.957. The average Bonchev–Trinajstić information content (AvgIpc) is 3.01. The van der Waals surface area contributed by atoms with Gasteiger partial charge in [0.25, 0.3) is 0 Å². The lowest BCUT2D eigenvalue weighted by molar-refractivity contribution is -0.163. The molecular weight excluding hydrogens is 398 g/mol. The second-order valence-electron chi connectivity index (χ2n) is 10.1. The minimum Gasteiger partial charge on any atom is -0.598 e. The first-order chi connectivity index (χ1) is 14.2. The van der Waals surface area contributed by atoms with Gasteiger partial charge in [-0.15, -0.1) is 4.72 Å². The van der Waals surface area contributed by atoms with Gasteiger partial charge in [0.15, 0.2) is 6.23 Å². The van der Waals surface area contributed by atoms with Gasteiger partial charge in [0, 0.05) is 23.3 Å². The Morgan fingerprint density at radius 3 is 2.47 bits per heavy atom. The number of nitrogens with one attached hydrogen (secondary N) is 3. The van der Waals surface area contributed by atoms with Gasteiger partial charge in [-0.1, -0.05) is 46.0 Å². The molecule has 0 bridgehead atoms. The first-order valence-electron chi connectivity index (χ1n) is 12.1. The summed E-state index contributed by atoms with van der Waals surface area (Å²) in [5.74, 6) is -0.0936. The lowest BCUT2D eigenvalue weighted by Crippen LogP contribution is -2.57. The fourth-order valence-corrected chi connectivity index (χ4v) is 5.57. The molecule has 0 aromatic heterocycles. The highest BCUT2D eigenvalue weighted by Crippen LogP contribution is 2.42. The highest BCUT2D eigenvalue weighted by atomic mass is 32.2. The van der Waals surface area contributed by atoms with Crippen molar-refractivity contribution in [3.63, 3.8) is 0 Å². The van der Waals surface area contributed by atoms with Crippen LogP contribution in [0, 0.1) is 11.3 Å². The van der Waals surface area contributed by atoms with Crippen molar-refractivity contribution in [2.45, 2.75) is 109 Å². The molecule has 0 aromatic rings. The number of hydrogen-bond acceptors (Lipinski definition) is 6. The molecule has 2 heterocycles. The second-order valence-corrected chi connectivity index (χ2v) is 12.1. The molecule has 3 N–H and O–H groups in total. The van der Waals surface area contributed by atoms with Gasteiger partial charge in [0.1, 0.15) is 4.75 Å². The van der Waals surface area contributed by atoms with E-state index < -0.39 is 11.4 Å². The maximum atomic E-state index is 13.0. The van der Waals surface area contributed by atoms with Crippen molar-refractivity contribution in [2.75, 3.05) is 19.6 Å². The molecule has 0 aromatic carbocycles. The Morgan fingerprint density at radius 2 is 1.87 bits per heavy atom. The molecule has 0 radical (unpaired) electrons. The molecule has 6 nitrogen and oxygen atoms in total. The molecule has 7 heteroatoms. The number of carbonyl (C=O) groups is 1. The van der Waals surface area contributed by atoms with Gasteiger partial charge in [-0.05, 0) is 59.5 Å². The van der Waals surface area contributed by atoms with E-state index in [9.17, 15) is 9.35 Å². The number of carbonyl (C=O) groups excluding carboxylic acids is 1. The lowest BCUT2D eigenvalue weighted by atomic mass is 9.74. The molecule has 4 atom stereocenters. The normalized spacial score (nSPS) is 25.9. The standard InChI is InChI=1S/C23H45N3O3S/c1-6-8-9-10-11-12-18(7-2)20(27)29-21-23(13-15-24-16-14-23)19(17-25-21)26-30(28)22(3,4)5/h18-19,21,24-26H,6-17H2,1-5H3/t18-,19-,21-,30?/m1/s1. The zero-order valence-electron chi connectivity index (χ0n) is 19.9. The third-order valence-corrected chi connectivity index (χ3v) is 8.39. The van der Waals surface area contributed by atoms with Crippen LogP contribution in [0.25, 0.3) is 0 Å². The monoisotopic (exact) mass is 443 g/mol. The van der Waals surface area contributed by atoms with Gasteiger partial charge in [-0.25, -0.2) is 0 Å².